The SMILES string of the molecule is C[S+]1CC(=O)C2CC(C3CCCCC3)CCC21. The lowest BCUT2D eigenvalue weighted by molar-refractivity contribution is -0.120. The fourth-order valence-electron chi connectivity index (χ4n) is 4.47. The molecule has 1 saturated heterocycles. The van der Waals surface area contributed by atoms with Crippen molar-refractivity contribution >= 4 is 16.7 Å². The lowest BCUT2D eigenvalue weighted by Crippen LogP contribution is -2.34. The molecule has 0 aromatic rings. The van der Waals surface area contributed by atoms with Crippen LogP contribution in [0.15, 0.2) is 0 Å². The van der Waals surface area contributed by atoms with E-state index in [1.54, 1.807) is 0 Å². The van der Waals surface area contributed by atoms with E-state index >= 15 is 0 Å². The van der Waals surface area contributed by atoms with Crippen LogP contribution in [0.5, 0.6) is 0 Å². The minimum Gasteiger partial charge on any atom is -0.294 e. The van der Waals surface area contributed by atoms with Crippen LogP contribution < -0.4 is 0 Å². The molecular weight excluding hydrogens is 228 g/mol. The molecule has 17 heavy (non-hydrogen) atoms. The van der Waals surface area contributed by atoms with E-state index in [9.17, 15) is 4.79 Å². The first-order chi connectivity index (χ1) is 8.25. The lowest BCUT2D eigenvalue weighted by Gasteiger charge is -2.36. The highest BCUT2D eigenvalue weighted by atomic mass is 32.2. The first-order valence-corrected chi connectivity index (χ1v) is 9.26. The van der Waals surface area contributed by atoms with E-state index in [0.717, 1.165) is 22.8 Å². The average molecular weight is 253 g/mol. The topological polar surface area (TPSA) is 17.1 Å². The molecule has 2 saturated carbocycles. The van der Waals surface area contributed by atoms with Gasteiger partial charge in [0.15, 0.2) is 11.5 Å². The van der Waals surface area contributed by atoms with Crippen LogP contribution in [-0.2, 0) is 15.7 Å². The van der Waals surface area contributed by atoms with Gasteiger partial charge in [-0.25, -0.2) is 0 Å². The third kappa shape index (κ3) is 2.30. The zero-order chi connectivity index (χ0) is 11.8. The van der Waals surface area contributed by atoms with Crippen molar-refractivity contribution in [3.63, 3.8) is 0 Å². The number of hydrogen-bond acceptors (Lipinski definition) is 1. The molecule has 96 valence electrons. The van der Waals surface area contributed by atoms with E-state index in [0.29, 0.717) is 22.6 Å². The Balaban J connectivity index is 1.65. The summed E-state index contributed by atoms with van der Waals surface area (Å²) in [5, 5.41) is 0.780. The van der Waals surface area contributed by atoms with Gasteiger partial charge in [-0.1, -0.05) is 32.1 Å². The number of fused-ring (bicyclic) bond motifs is 1. The number of Topliss-reactive ketones (excluding diaryl/α,β-unsaturated/α-hetero) is 1. The van der Waals surface area contributed by atoms with Gasteiger partial charge in [0.2, 0.25) is 0 Å². The predicted molar refractivity (Wildman–Crippen MR) is 74.4 cm³/mol. The number of ketones is 1. The van der Waals surface area contributed by atoms with Gasteiger partial charge in [0.1, 0.15) is 5.25 Å². The van der Waals surface area contributed by atoms with Crippen LogP contribution in [0.1, 0.15) is 51.4 Å². The molecule has 0 radical (unpaired) electrons. The quantitative estimate of drug-likeness (QED) is 0.656. The van der Waals surface area contributed by atoms with Crippen molar-refractivity contribution in [3.8, 4) is 0 Å². The molecule has 0 amide bonds. The van der Waals surface area contributed by atoms with E-state index in [2.05, 4.69) is 6.26 Å². The summed E-state index contributed by atoms with van der Waals surface area (Å²) >= 11 is 0. The second kappa shape index (κ2) is 4.95. The van der Waals surface area contributed by atoms with Gasteiger partial charge in [-0.05, 0) is 42.0 Å². The molecule has 3 rings (SSSR count). The summed E-state index contributed by atoms with van der Waals surface area (Å²) in [5.74, 6) is 3.87. The minimum atomic E-state index is 0.411. The normalized spacial score (nSPS) is 43.7. The van der Waals surface area contributed by atoms with E-state index in [1.165, 1.54) is 51.4 Å². The summed E-state index contributed by atoms with van der Waals surface area (Å²) in [5.41, 5.74) is 0. The molecule has 2 aliphatic carbocycles. The Morgan fingerprint density at radius 2 is 1.76 bits per heavy atom. The molecule has 0 bridgehead atoms. The summed E-state index contributed by atoms with van der Waals surface area (Å²) in [6.45, 7) is 0. The van der Waals surface area contributed by atoms with Crippen molar-refractivity contribution < 1.29 is 4.79 Å². The summed E-state index contributed by atoms with van der Waals surface area (Å²) in [6.07, 6.45) is 13.6. The number of carbonyl (C=O) groups is 1. The average Bonchev–Trinajstić information content (AvgIpc) is 2.66. The van der Waals surface area contributed by atoms with Crippen LogP contribution in [0.25, 0.3) is 0 Å². The monoisotopic (exact) mass is 253 g/mol. The Bertz CT molecular complexity index is 295. The van der Waals surface area contributed by atoms with Crippen molar-refractivity contribution in [1.82, 2.24) is 0 Å². The Hall–Kier alpha value is 0.0200. The largest absolute Gasteiger partial charge is 0.294 e. The summed E-state index contributed by atoms with van der Waals surface area (Å²) in [4.78, 5) is 12.1. The molecule has 3 aliphatic rings. The number of rotatable bonds is 1. The van der Waals surface area contributed by atoms with Crippen LogP contribution >= 0.6 is 0 Å². The van der Waals surface area contributed by atoms with Gasteiger partial charge < -0.3 is 0 Å². The fourth-order valence-corrected chi connectivity index (χ4v) is 6.71. The molecule has 2 heteroatoms. The molecule has 1 heterocycles. The Kier molecular flexibility index (Phi) is 3.52. The zero-order valence-corrected chi connectivity index (χ0v) is 11.8. The smallest absolute Gasteiger partial charge is 0.189 e. The van der Waals surface area contributed by atoms with Crippen LogP contribution in [0.3, 0.4) is 0 Å². The van der Waals surface area contributed by atoms with Crippen molar-refractivity contribution in [2.75, 3.05) is 12.0 Å². The van der Waals surface area contributed by atoms with Gasteiger partial charge >= 0.3 is 0 Å². The van der Waals surface area contributed by atoms with Gasteiger partial charge in [-0.15, -0.1) is 0 Å². The minimum absolute atomic E-state index is 0.411. The van der Waals surface area contributed by atoms with Gasteiger partial charge in [-0.2, -0.15) is 0 Å². The van der Waals surface area contributed by atoms with Gasteiger partial charge in [0.05, 0.1) is 12.2 Å². The number of carbonyl (C=O) groups excluding carboxylic acids is 1. The maximum Gasteiger partial charge on any atom is 0.189 e. The van der Waals surface area contributed by atoms with Crippen molar-refractivity contribution in [2.45, 2.75) is 56.6 Å². The van der Waals surface area contributed by atoms with E-state index in [4.69, 9.17) is 0 Å². The van der Waals surface area contributed by atoms with Crippen LogP contribution in [0.4, 0.5) is 0 Å². The first-order valence-electron chi connectivity index (χ1n) is 7.40. The zero-order valence-electron chi connectivity index (χ0n) is 11.0. The second-order valence-electron chi connectivity index (χ2n) is 6.42. The molecule has 1 aliphatic heterocycles. The molecule has 1 nitrogen and oxygen atoms in total. The summed E-state index contributed by atoms with van der Waals surface area (Å²) in [7, 11) is 0.411. The van der Waals surface area contributed by atoms with E-state index in [1.807, 2.05) is 0 Å². The second-order valence-corrected chi connectivity index (χ2v) is 8.69. The fraction of sp³-hybridized carbons (Fsp3) is 0.933. The highest BCUT2D eigenvalue weighted by Gasteiger charge is 2.51. The van der Waals surface area contributed by atoms with Crippen LogP contribution in [0, 0.1) is 17.8 Å². The molecule has 0 aromatic heterocycles. The van der Waals surface area contributed by atoms with Gasteiger partial charge in [-0.3, -0.25) is 4.79 Å². The standard InChI is InChI=1S/C15H25OS/c1-17-10-14(16)13-9-12(7-8-15(13)17)11-5-3-2-4-6-11/h11-13,15H,2-10H2,1H3/q+1. The maximum atomic E-state index is 12.1. The predicted octanol–water partition coefficient (Wildman–Crippen LogP) is 3.18. The number of hydrogen-bond donors (Lipinski definition) is 0. The van der Waals surface area contributed by atoms with Gasteiger partial charge in [0.25, 0.3) is 0 Å². The highest BCUT2D eigenvalue weighted by molar-refractivity contribution is 7.98. The van der Waals surface area contributed by atoms with Crippen molar-refractivity contribution in [1.29, 1.82) is 0 Å². The molecule has 3 fully saturated rings. The van der Waals surface area contributed by atoms with Gasteiger partial charge in [0, 0.05) is 0 Å². The Labute approximate surface area is 108 Å². The molecule has 0 N–H and O–H groups in total. The Morgan fingerprint density at radius 1 is 1.00 bits per heavy atom. The molecule has 4 atom stereocenters. The van der Waals surface area contributed by atoms with Crippen LogP contribution in [-0.4, -0.2) is 23.0 Å². The lowest BCUT2D eigenvalue weighted by atomic mass is 9.69. The van der Waals surface area contributed by atoms with Crippen LogP contribution in [0.2, 0.25) is 0 Å². The molecule has 0 spiro atoms. The van der Waals surface area contributed by atoms with E-state index < -0.39 is 0 Å². The molecule has 0 aromatic carbocycles. The Morgan fingerprint density at radius 3 is 2.53 bits per heavy atom. The maximum absolute atomic E-state index is 12.1. The molecule has 4 unspecified atom stereocenters. The molecular formula is C15H25OS+. The highest BCUT2D eigenvalue weighted by Crippen LogP contribution is 2.44. The summed E-state index contributed by atoms with van der Waals surface area (Å²) < 4.78 is 0. The first kappa shape index (κ1) is 12.1. The van der Waals surface area contributed by atoms with Crippen molar-refractivity contribution in [2.24, 2.45) is 17.8 Å². The third-order valence-corrected chi connectivity index (χ3v) is 7.78. The van der Waals surface area contributed by atoms with E-state index in [-0.39, 0.29) is 0 Å². The summed E-state index contributed by atoms with van der Waals surface area (Å²) in [6, 6.07) is 0. The third-order valence-electron chi connectivity index (χ3n) is 5.44. The van der Waals surface area contributed by atoms with Crippen molar-refractivity contribution in [3.05, 3.63) is 0 Å².